The molecular weight excluding hydrogens is 861 g/mol. The summed E-state index contributed by atoms with van der Waals surface area (Å²) in [6, 6.07) is 43.1. The topological polar surface area (TPSA) is 116 Å². The van der Waals surface area contributed by atoms with Gasteiger partial charge in [-0.05, 0) is 88.9 Å². The molecule has 5 aromatic carbocycles. The van der Waals surface area contributed by atoms with Gasteiger partial charge in [-0.15, -0.1) is 0 Å². The largest absolute Gasteiger partial charge is 0.488 e. The number of allylic oxidation sites excluding steroid dienone is 4. The third kappa shape index (κ3) is 17.8. The number of benzene rings is 5. The first-order chi connectivity index (χ1) is 33.4. The van der Waals surface area contributed by atoms with Gasteiger partial charge in [0.05, 0.1) is 23.9 Å². The highest BCUT2D eigenvalue weighted by Gasteiger charge is 2.50. The van der Waals surface area contributed by atoms with Crippen molar-refractivity contribution in [3.63, 3.8) is 0 Å². The lowest BCUT2D eigenvalue weighted by molar-refractivity contribution is -0.140. The van der Waals surface area contributed by atoms with Crippen LogP contribution in [0.25, 0.3) is 0 Å². The number of esters is 1. The molecule has 2 aliphatic rings. The minimum Gasteiger partial charge on any atom is -0.488 e. The van der Waals surface area contributed by atoms with E-state index in [9.17, 15) is 4.79 Å². The molecule has 10 heteroatoms. The molecule has 9 nitrogen and oxygen atoms in total. The van der Waals surface area contributed by atoms with Gasteiger partial charge in [-0.2, -0.15) is 0 Å². The van der Waals surface area contributed by atoms with Crippen LogP contribution in [0.5, 0.6) is 11.5 Å². The van der Waals surface area contributed by atoms with Gasteiger partial charge in [0, 0.05) is 23.9 Å². The molecule has 1 aliphatic carbocycles. The number of rotatable bonds is 19. The van der Waals surface area contributed by atoms with Crippen molar-refractivity contribution in [1.82, 2.24) is 0 Å². The normalized spacial score (nSPS) is 15.0. The number of hydrogen-bond acceptors (Lipinski definition) is 9. The Hall–Kier alpha value is -6.04. The van der Waals surface area contributed by atoms with Crippen LogP contribution in [-0.4, -0.2) is 43.2 Å². The Morgan fingerprint density at radius 3 is 1.55 bits per heavy atom. The molecule has 366 valence electrons. The minimum atomic E-state index is -0.598. The number of ether oxygens (including phenoxy) is 4. The summed E-state index contributed by atoms with van der Waals surface area (Å²) in [7, 11) is 0.902. The van der Waals surface area contributed by atoms with Crippen LogP contribution < -0.4 is 15.2 Å². The standard InChI is InChI=1S/C49H55BO8.C7H8.C2H6.CH5N/c1-6-18-40(31-41(47(52)56-34-38-23-14-9-15-24-38)27-28-50-57-48(2,3)49(4,5)58-50)46(51)45-43(54-32-36-19-10-7-11-20-36)29-39(35-53-42-25-16-17-26-42)30-44(45)55-33-37-21-12-8-13-22-37;1-7-5-3-2-4-6-7;2*1-2/h6-15,18-24,27,29-30,42H,1,16-17,25-26,28,31-35H2,2-5H3;2-6H,1H3;1-2H3;2H2,1H3/b40-18+,41-27+;;;. The second-order valence-electron chi connectivity index (χ2n) is 17.5. The highest BCUT2D eigenvalue weighted by atomic mass is 16.7. The van der Waals surface area contributed by atoms with Crippen LogP contribution in [-0.2, 0) is 50.0 Å². The predicted octanol–water partition coefficient (Wildman–Crippen LogP) is 13.3. The Morgan fingerprint density at radius 2 is 1.12 bits per heavy atom. The lowest BCUT2D eigenvalue weighted by Crippen LogP contribution is -2.41. The zero-order valence-corrected chi connectivity index (χ0v) is 42.2. The lowest BCUT2D eigenvalue weighted by atomic mass is 9.83. The number of nitrogens with two attached hydrogens (primary N) is 1. The van der Waals surface area contributed by atoms with E-state index in [1.165, 1.54) is 12.6 Å². The summed E-state index contributed by atoms with van der Waals surface area (Å²) in [6.07, 6.45) is 9.70. The van der Waals surface area contributed by atoms with Gasteiger partial charge in [0.1, 0.15) is 36.9 Å². The monoisotopic (exact) mass is 936 g/mol. The van der Waals surface area contributed by atoms with E-state index in [0.717, 1.165) is 47.9 Å². The molecule has 0 bridgehead atoms. The SMILES string of the molecule is C=C/C=C(\C/C(=C\CB1OC(C)(C)C(C)(C)O1)C(=O)OCc1ccccc1)C(=O)c1c(OCc2ccccc2)cc(COC2CCCC2)cc1OCc1ccccc1.CC.CN.Cc1ccccc1. The van der Waals surface area contributed by atoms with Crippen molar-refractivity contribution < 1.29 is 37.8 Å². The smallest absolute Gasteiger partial charge is 0.461 e. The highest BCUT2D eigenvalue weighted by Crippen LogP contribution is 2.39. The Morgan fingerprint density at radius 1 is 0.667 bits per heavy atom. The van der Waals surface area contributed by atoms with Crippen LogP contribution in [0.2, 0.25) is 6.32 Å². The molecule has 0 amide bonds. The van der Waals surface area contributed by atoms with Crippen molar-refractivity contribution in [2.24, 2.45) is 5.73 Å². The molecule has 1 saturated carbocycles. The molecule has 2 N–H and O–H groups in total. The van der Waals surface area contributed by atoms with Gasteiger partial charge in [-0.25, -0.2) is 4.79 Å². The quantitative estimate of drug-likeness (QED) is 0.0284. The fraction of sp³-hybridized carbons (Fsp3) is 0.356. The van der Waals surface area contributed by atoms with Gasteiger partial charge in [0.25, 0.3) is 0 Å². The number of aryl methyl sites for hydroxylation is 1. The first kappa shape index (κ1) is 55.6. The van der Waals surface area contributed by atoms with E-state index in [4.69, 9.17) is 28.3 Å². The number of carbonyl (C=O) groups excluding carboxylic acids is 2. The van der Waals surface area contributed by atoms with Gasteiger partial charge in [0.15, 0.2) is 5.78 Å². The summed E-state index contributed by atoms with van der Waals surface area (Å²) in [4.78, 5) is 29.1. The molecule has 0 radical (unpaired) electrons. The maximum absolute atomic E-state index is 15.1. The average Bonchev–Trinajstić information content (AvgIpc) is 3.98. The number of hydrogen-bond donors (Lipinski definition) is 1. The third-order valence-corrected chi connectivity index (χ3v) is 11.9. The maximum atomic E-state index is 15.1. The Labute approximate surface area is 412 Å². The van der Waals surface area contributed by atoms with E-state index in [0.29, 0.717) is 23.7 Å². The summed E-state index contributed by atoms with van der Waals surface area (Å²) in [6.45, 7) is 18.8. The molecule has 0 spiro atoms. The first-order valence-electron chi connectivity index (χ1n) is 24.2. The summed E-state index contributed by atoms with van der Waals surface area (Å²) in [5.74, 6) is -0.210. The van der Waals surface area contributed by atoms with Gasteiger partial charge in [0.2, 0.25) is 0 Å². The van der Waals surface area contributed by atoms with Crippen LogP contribution in [0, 0.1) is 6.92 Å². The molecule has 69 heavy (non-hydrogen) atoms. The summed E-state index contributed by atoms with van der Waals surface area (Å²) in [5.41, 5.74) is 9.10. The van der Waals surface area contributed by atoms with Crippen molar-refractivity contribution in [3.8, 4) is 11.5 Å². The second kappa shape index (κ2) is 29.1. The minimum absolute atomic E-state index is 0.0548. The molecule has 1 saturated heterocycles. The lowest BCUT2D eigenvalue weighted by Gasteiger charge is -2.32. The zero-order valence-electron chi connectivity index (χ0n) is 42.2. The van der Waals surface area contributed by atoms with Crippen molar-refractivity contribution >= 4 is 18.9 Å². The van der Waals surface area contributed by atoms with Crippen LogP contribution in [0.3, 0.4) is 0 Å². The third-order valence-electron chi connectivity index (χ3n) is 11.9. The summed E-state index contributed by atoms with van der Waals surface area (Å²) >= 11 is 0. The Bertz CT molecular complexity index is 2280. The highest BCUT2D eigenvalue weighted by molar-refractivity contribution is 6.46. The molecule has 0 aromatic heterocycles. The molecule has 0 unspecified atom stereocenters. The second-order valence-corrected chi connectivity index (χ2v) is 17.5. The predicted molar refractivity (Wildman–Crippen MR) is 280 cm³/mol. The molecule has 1 heterocycles. The van der Waals surface area contributed by atoms with Crippen LogP contribution >= 0.6 is 0 Å². The van der Waals surface area contributed by atoms with E-state index in [1.54, 1.807) is 18.2 Å². The van der Waals surface area contributed by atoms with Crippen LogP contribution in [0.15, 0.2) is 169 Å². The van der Waals surface area contributed by atoms with E-state index in [2.05, 4.69) is 31.4 Å². The van der Waals surface area contributed by atoms with Crippen molar-refractivity contribution in [1.29, 1.82) is 0 Å². The Balaban J connectivity index is 0.000000845. The molecule has 7 rings (SSSR count). The van der Waals surface area contributed by atoms with Crippen molar-refractivity contribution in [2.75, 3.05) is 7.05 Å². The molecular formula is C59H74BNO8. The van der Waals surface area contributed by atoms with Gasteiger partial charge >= 0.3 is 13.1 Å². The summed E-state index contributed by atoms with van der Waals surface area (Å²) < 4.78 is 37.7. The Kier molecular flexibility index (Phi) is 23.4. The van der Waals surface area contributed by atoms with Gasteiger partial charge in [-0.3, -0.25) is 4.79 Å². The fourth-order valence-corrected chi connectivity index (χ4v) is 7.52. The van der Waals surface area contributed by atoms with E-state index in [1.807, 2.05) is 163 Å². The van der Waals surface area contributed by atoms with Crippen molar-refractivity contribution in [2.45, 2.75) is 131 Å². The molecule has 0 atom stereocenters. The average molecular weight is 936 g/mol. The van der Waals surface area contributed by atoms with Gasteiger partial charge in [-0.1, -0.05) is 178 Å². The fourth-order valence-electron chi connectivity index (χ4n) is 7.52. The number of Topliss-reactive ketones (excluding diaryl/α,β-unsaturated/α-hetero) is 1. The first-order valence-corrected chi connectivity index (χ1v) is 24.2. The van der Waals surface area contributed by atoms with Crippen LogP contribution in [0.4, 0.5) is 0 Å². The molecule has 1 aliphatic heterocycles. The molecule has 5 aromatic rings. The number of ketones is 1. The molecule has 2 fully saturated rings. The number of carbonyl (C=O) groups is 2. The van der Waals surface area contributed by atoms with Crippen LogP contribution in [0.1, 0.15) is 112 Å². The zero-order chi connectivity index (χ0) is 50.1. The van der Waals surface area contributed by atoms with E-state index in [-0.39, 0.29) is 55.6 Å². The van der Waals surface area contributed by atoms with Gasteiger partial charge < -0.3 is 34.0 Å². The summed E-state index contributed by atoms with van der Waals surface area (Å²) in [5, 5.41) is 0. The van der Waals surface area contributed by atoms with Crippen molar-refractivity contribution in [3.05, 3.63) is 203 Å². The van der Waals surface area contributed by atoms with E-state index >= 15 is 4.79 Å². The van der Waals surface area contributed by atoms with E-state index < -0.39 is 24.3 Å². The maximum Gasteiger partial charge on any atom is 0.461 e.